The molecule has 19 heavy (non-hydrogen) atoms. The van der Waals surface area contributed by atoms with Crippen LogP contribution in [0.15, 0.2) is 36.4 Å². The molecule has 0 heterocycles. The van der Waals surface area contributed by atoms with Crippen molar-refractivity contribution in [2.75, 3.05) is 6.54 Å². The van der Waals surface area contributed by atoms with Crippen LogP contribution in [0.2, 0.25) is 5.02 Å². The number of allylic oxidation sites excluding steroid dienone is 2. The van der Waals surface area contributed by atoms with Crippen LogP contribution >= 0.6 is 11.6 Å². The molecule has 0 aliphatic heterocycles. The summed E-state index contributed by atoms with van der Waals surface area (Å²) in [6.07, 6.45) is 11.0. The van der Waals surface area contributed by atoms with Gasteiger partial charge in [0.05, 0.1) is 0 Å². The normalized spacial score (nSPS) is 30.1. The zero-order chi connectivity index (χ0) is 13.1. The number of hydrogen-bond donors (Lipinski definition) is 1. The summed E-state index contributed by atoms with van der Waals surface area (Å²) in [5.41, 5.74) is 1.34. The van der Waals surface area contributed by atoms with Gasteiger partial charge in [-0.15, -0.1) is 0 Å². The molecule has 2 aliphatic rings. The topological polar surface area (TPSA) is 12.0 Å². The van der Waals surface area contributed by atoms with E-state index in [0.29, 0.717) is 12.0 Å². The van der Waals surface area contributed by atoms with Gasteiger partial charge in [0, 0.05) is 11.1 Å². The quantitative estimate of drug-likeness (QED) is 0.796. The van der Waals surface area contributed by atoms with Gasteiger partial charge in [-0.2, -0.15) is 0 Å². The van der Waals surface area contributed by atoms with Crippen molar-refractivity contribution in [2.45, 2.75) is 44.1 Å². The van der Waals surface area contributed by atoms with Gasteiger partial charge in [0.2, 0.25) is 0 Å². The minimum absolute atomic E-state index is 0.664. The highest BCUT2D eigenvalue weighted by Gasteiger charge is 2.31. The van der Waals surface area contributed by atoms with Gasteiger partial charge in [-0.25, -0.2) is 0 Å². The summed E-state index contributed by atoms with van der Waals surface area (Å²) in [5.74, 6) is 1.52. The predicted octanol–water partition coefficient (Wildman–Crippen LogP) is 4.53. The van der Waals surface area contributed by atoms with Crippen molar-refractivity contribution in [3.63, 3.8) is 0 Å². The van der Waals surface area contributed by atoms with Crippen LogP contribution in [0.25, 0.3) is 0 Å². The second-order valence-electron chi connectivity index (χ2n) is 5.95. The number of hydrogen-bond acceptors (Lipinski definition) is 1. The number of benzene rings is 1. The van der Waals surface area contributed by atoms with E-state index < -0.39 is 0 Å². The second-order valence-corrected chi connectivity index (χ2v) is 6.35. The Bertz CT molecular complexity index is 448. The zero-order valence-electron chi connectivity index (χ0n) is 11.3. The molecule has 1 aromatic rings. The summed E-state index contributed by atoms with van der Waals surface area (Å²) in [4.78, 5) is 0. The van der Waals surface area contributed by atoms with E-state index in [0.717, 1.165) is 10.9 Å². The van der Waals surface area contributed by atoms with Crippen LogP contribution in [0.5, 0.6) is 0 Å². The Morgan fingerprint density at radius 1 is 1.16 bits per heavy atom. The standard InChI is InChI=1S/C17H22ClN/c18-17-9-5-4-8-16(17)14-10-15(11-14)19-12-13-6-2-1-3-7-13/h1-2,4-5,8-9,13-15,19H,3,6-7,10-12H2. The molecule has 102 valence electrons. The third-order valence-electron chi connectivity index (χ3n) is 4.56. The van der Waals surface area contributed by atoms with Gasteiger partial charge in [-0.3, -0.25) is 0 Å². The van der Waals surface area contributed by atoms with Gasteiger partial charge in [-0.1, -0.05) is 42.0 Å². The molecule has 1 atom stereocenters. The molecular weight excluding hydrogens is 254 g/mol. The van der Waals surface area contributed by atoms with Gasteiger partial charge in [-0.05, 0) is 62.1 Å². The number of halogens is 1. The lowest BCUT2D eigenvalue weighted by Crippen LogP contribution is -2.42. The highest BCUT2D eigenvalue weighted by atomic mass is 35.5. The fraction of sp³-hybridized carbons (Fsp3) is 0.529. The Kier molecular flexibility index (Phi) is 4.24. The first kappa shape index (κ1) is 13.2. The van der Waals surface area contributed by atoms with Crippen LogP contribution in [0.1, 0.15) is 43.6 Å². The fourth-order valence-corrected chi connectivity index (χ4v) is 3.51. The molecule has 0 spiro atoms. The first-order valence-electron chi connectivity index (χ1n) is 7.45. The Hall–Kier alpha value is -0.790. The van der Waals surface area contributed by atoms with Crippen LogP contribution in [-0.4, -0.2) is 12.6 Å². The van der Waals surface area contributed by atoms with Gasteiger partial charge >= 0.3 is 0 Å². The summed E-state index contributed by atoms with van der Waals surface area (Å²) < 4.78 is 0. The molecule has 2 heteroatoms. The largest absolute Gasteiger partial charge is 0.314 e. The van der Waals surface area contributed by atoms with Crippen molar-refractivity contribution in [1.82, 2.24) is 5.32 Å². The maximum absolute atomic E-state index is 6.25. The van der Waals surface area contributed by atoms with E-state index in [1.165, 1.54) is 44.2 Å². The smallest absolute Gasteiger partial charge is 0.0440 e. The Labute approximate surface area is 121 Å². The Balaban J connectivity index is 1.43. The maximum Gasteiger partial charge on any atom is 0.0440 e. The van der Waals surface area contributed by atoms with Gasteiger partial charge < -0.3 is 5.32 Å². The third-order valence-corrected chi connectivity index (χ3v) is 4.90. The molecule has 2 aliphatic carbocycles. The summed E-state index contributed by atoms with van der Waals surface area (Å²) in [5, 5.41) is 4.66. The predicted molar refractivity (Wildman–Crippen MR) is 81.7 cm³/mol. The van der Waals surface area contributed by atoms with E-state index >= 15 is 0 Å². The molecule has 0 aromatic heterocycles. The average molecular weight is 276 g/mol. The highest BCUT2D eigenvalue weighted by Crippen LogP contribution is 2.40. The van der Waals surface area contributed by atoms with Crippen molar-refractivity contribution < 1.29 is 0 Å². The van der Waals surface area contributed by atoms with E-state index in [1.807, 2.05) is 12.1 Å². The van der Waals surface area contributed by atoms with E-state index in [-0.39, 0.29) is 0 Å². The molecule has 0 saturated heterocycles. The summed E-state index contributed by atoms with van der Waals surface area (Å²) in [7, 11) is 0. The van der Waals surface area contributed by atoms with E-state index in [1.54, 1.807) is 0 Å². The molecule has 1 N–H and O–H groups in total. The molecule has 3 rings (SSSR count). The Morgan fingerprint density at radius 2 is 2.00 bits per heavy atom. The van der Waals surface area contributed by atoms with Crippen LogP contribution < -0.4 is 5.32 Å². The monoisotopic (exact) mass is 275 g/mol. The van der Waals surface area contributed by atoms with Gasteiger partial charge in [0.1, 0.15) is 0 Å². The molecule has 1 aromatic carbocycles. The summed E-state index contributed by atoms with van der Waals surface area (Å²) in [6, 6.07) is 8.99. The van der Waals surface area contributed by atoms with Crippen LogP contribution in [0.3, 0.4) is 0 Å². The summed E-state index contributed by atoms with van der Waals surface area (Å²) in [6.45, 7) is 1.18. The van der Waals surface area contributed by atoms with Gasteiger partial charge in [0.15, 0.2) is 0 Å². The minimum Gasteiger partial charge on any atom is -0.314 e. The zero-order valence-corrected chi connectivity index (χ0v) is 12.1. The molecule has 0 radical (unpaired) electrons. The minimum atomic E-state index is 0.664. The van der Waals surface area contributed by atoms with E-state index in [2.05, 4.69) is 29.6 Å². The lowest BCUT2D eigenvalue weighted by molar-refractivity contribution is 0.271. The number of rotatable bonds is 4. The third kappa shape index (κ3) is 3.21. The molecule has 0 bridgehead atoms. The lowest BCUT2D eigenvalue weighted by atomic mass is 9.75. The summed E-state index contributed by atoms with van der Waals surface area (Å²) >= 11 is 6.25. The lowest BCUT2D eigenvalue weighted by Gasteiger charge is -2.37. The molecule has 0 amide bonds. The van der Waals surface area contributed by atoms with Crippen molar-refractivity contribution in [3.8, 4) is 0 Å². The van der Waals surface area contributed by atoms with Crippen molar-refractivity contribution in [3.05, 3.63) is 47.0 Å². The molecular formula is C17H22ClN. The van der Waals surface area contributed by atoms with Gasteiger partial charge in [0.25, 0.3) is 0 Å². The molecule has 1 unspecified atom stereocenters. The van der Waals surface area contributed by atoms with E-state index in [4.69, 9.17) is 11.6 Å². The molecule has 1 fully saturated rings. The first-order chi connectivity index (χ1) is 9.33. The van der Waals surface area contributed by atoms with Crippen LogP contribution in [0.4, 0.5) is 0 Å². The average Bonchev–Trinajstić information content (AvgIpc) is 2.40. The maximum atomic E-state index is 6.25. The highest BCUT2D eigenvalue weighted by molar-refractivity contribution is 6.31. The fourth-order valence-electron chi connectivity index (χ4n) is 3.22. The Morgan fingerprint density at radius 3 is 2.74 bits per heavy atom. The SMILES string of the molecule is Clc1ccccc1C1CC(NCC2CC=CCC2)C1. The first-order valence-corrected chi connectivity index (χ1v) is 7.83. The number of nitrogens with one attached hydrogen (secondary N) is 1. The van der Waals surface area contributed by atoms with Crippen LogP contribution in [0, 0.1) is 5.92 Å². The molecule has 1 saturated carbocycles. The van der Waals surface area contributed by atoms with Crippen molar-refractivity contribution in [2.24, 2.45) is 5.92 Å². The van der Waals surface area contributed by atoms with Crippen LogP contribution in [-0.2, 0) is 0 Å². The van der Waals surface area contributed by atoms with Crippen molar-refractivity contribution in [1.29, 1.82) is 0 Å². The molecule has 1 nitrogen and oxygen atoms in total. The second kappa shape index (κ2) is 6.11. The van der Waals surface area contributed by atoms with Crippen molar-refractivity contribution >= 4 is 11.6 Å². The van der Waals surface area contributed by atoms with E-state index in [9.17, 15) is 0 Å².